The summed E-state index contributed by atoms with van der Waals surface area (Å²) in [6, 6.07) is 7.41. The summed E-state index contributed by atoms with van der Waals surface area (Å²) in [5.41, 5.74) is 8.99. The van der Waals surface area contributed by atoms with Crippen LogP contribution in [0.25, 0.3) is 11.3 Å². The molecule has 3 nitrogen and oxygen atoms in total. The van der Waals surface area contributed by atoms with Crippen molar-refractivity contribution in [2.45, 2.75) is 6.92 Å². The van der Waals surface area contributed by atoms with E-state index in [0.29, 0.717) is 10.7 Å². The number of aryl methyl sites for hydroxylation is 1. The molecule has 0 aliphatic carbocycles. The zero-order valence-corrected chi connectivity index (χ0v) is 8.99. The van der Waals surface area contributed by atoms with E-state index in [1.165, 1.54) is 6.33 Å². The average Bonchev–Trinajstić information content (AvgIpc) is 2.24. The van der Waals surface area contributed by atoms with Gasteiger partial charge in [-0.15, -0.1) is 0 Å². The van der Waals surface area contributed by atoms with Gasteiger partial charge in [0.1, 0.15) is 6.33 Å². The zero-order valence-electron chi connectivity index (χ0n) is 8.24. The quantitative estimate of drug-likeness (QED) is 0.802. The highest BCUT2D eigenvalue weighted by Gasteiger charge is 2.06. The molecule has 0 bridgehead atoms. The Morgan fingerprint density at radius 3 is 2.47 bits per heavy atom. The molecule has 2 N–H and O–H groups in total. The molecule has 1 heterocycles. The minimum Gasteiger partial charge on any atom is -0.395 e. The Hall–Kier alpha value is -1.61. The van der Waals surface area contributed by atoms with E-state index in [1.54, 1.807) is 0 Å². The van der Waals surface area contributed by atoms with Crippen molar-refractivity contribution in [1.82, 2.24) is 9.97 Å². The number of benzene rings is 1. The highest BCUT2D eigenvalue weighted by molar-refractivity contribution is 6.30. The van der Waals surface area contributed by atoms with Crippen molar-refractivity contribution in [3.8, 4) is 11.3 Å². The monoisotopic (exact) mass is 219 g/mol. The summed E-state index contributed by atoms with van der Waals surface area (Å²) in [4.78, 5) is 8.18. The normalized spacial score (nSPS) is 10.3. The van der Waals surface area contributed by atoms with Gasteiger partial charge in [-0.2, -0.15) is 0 Å². The molecule has 0 unspecified atom stereocenters. The summed E-state index contributed by atoms with van der Waals surface area (Å²) >= 11 is 5.81. The molecular weight excluding hydrogens is 210 g/mol. The van der Waals surface area contributed by atoms with E-state index in [4.69, 9.17) is 17.3 Å². The molecule has 2 rings (SSSR count). The number of anilines is 1. The number of rotatable bonds is 1. The second kappa shape index (κ2) is 3.87. The van der Waals surface area contributed by atoms with E-state index in [2.05, 4.69) is 9.97 Å². The van der Waals surface area contributed by atoms with E-state index in [1.807, 2.05) is 31.2 Å². The van der Waals surface area contributed by atoms with Gasteiger partial charge in [0.2, 0.25) is 0 Å². The molecule has 0 spiro atoms. The van der Waals surface area contributed by atoms with Crippen LogP contribution in [0.3, 0.4) is 0 Å². The van der Waals surface area contributed by atoms with Gasteiger partial charge in [0.25, 0.3) is 0 Å². The predicted octanol–water partition coefficient (Wildman–Crippen LogP) is 2.69. The second-order valence-corrected chi connectivity index (χ2v) is 3.66. The van der Waals surface area contributed by atoms with Gasteiger partial charge in [0.15, 0.2) is 0 Å². The highest BCUT2D eigenvalue weighted by atomic mass is 35.5. The lowest BCUT2D eigenvalue weighted by atomic mass is 10.1. The Morgan fingerprint density at radius 1 is 1.13 bits per heavy atom. The molecule has 1 aromatic heterocycles. The van der Waals surface area contributed by atoms with Crippen LogP contribution in [0.15, 0.2) is 30.6 Å². The number of hydrogen-bond donors (Lipinski definition) is 1. The summed E-state index contributed by atoms with van der Waals surface area (Å²) < 4.78 is 0. The topological polar surface area (TPSA) is 51.8 Å². The fourth-order valence-corrected chi connectivity index (χ4v) is 1.45. The molecule has 76 valence electrons. The summed E-state index contributed by atoms with van der Waals surface area (Å²) in [5.74, 6) is 0. The Bertz CT molecular complexity index is 480. The summed E-state index contributed by atoms with van der Waals surface area (Å²) in [6.45, 7) is 1.86. The van der Waals surface area contributed by atoms with Crippen molar-refractivity contribution in [1.29, 1.82) is 0 Å². The van der Waals surface area contributed by atoms with E-state index in [0.717, 1.165) is 17.0 Å². The van der Waals surface area contributed by atoms with Crippen LogP contribution < -0.4 is 5.73 Å². The molecule has 2 aromatic rings. The van der Waals surface area contributed by atoms with Crippen LogP contribution in [-0.2, 0) is 0 Å². The fourth-order valence-electron chi connectivity index (χ4n) is 1.32. The van der Waals surface area contributed by atoms with Gasteiger partial charge in [-0.05, 0) is 19.1 Å². The van der Waals surface area contributed by atoms with Crippen molar-refractivity contribution in [2.75, 3.05) is 5.73 Å². The fraction of sp³-hybridized carbons (Fsp3) is 0.0909. The van der Waals surface area contributed by atoms with Gasteiger partial charge in [-0.3, -0.25) is 0 Å². The summed E-state index contributed by atoms with van der Waals surface area (Å²) in [6.07, 6.45) is 1.51. The van der Waals surface area contributed by atoms with E-state index in [9.17, 15) is 0 Å². The molecule has 4 heteroatoms. The Balaban J connectivity index is 2.54. The Morgan fingerprint density at radius 2 is 1.80 bits per heavy atom. The van der Waals surface area contributed by atoms with Gasteiger partial charge in [0.05, 0.1) is 17.1 Å². The van der Waals surface area contributed by atoms with Crippen LogP contribution >= 0.6 is 11.6 Å². The lowest BCUT2D eigenvalue weighted by Crippen LogP contribution is -1.98. The third-order valence-corrected chi connectivity index (χ3v) is 2.45. The van der Waals surface area contributed by atoms with Crippen LogP contribution in [0.4, 0.5) is 5.69 Å². The van der Waals surface area contributed by atoms with Crippen LogP contribution in [0.5, 0.6) is 0 Å². The number of hydrogen-bond acceptors (Lipinski definition) is 3. The Labute approximate surface area is 92.9 Å². The number of aromatic nitrogens is 2. The molecule has 0 saturated heterocycles. The summed E-state index contributed by atoms with van der Waals surface area (Å²) in [5, 5.41) is 0.697. The molecule has 0 saturated carbocycles. The molecule has 1 aromatic carbocycles. The van der Waals surface area contributed by atoms with Crippen molar-refractivity contribution in [3.63, 3.8) is 0 Å². The summed E-state index contributed by atoms with van der Waals surface area (Å²) in [7, 11) is 0. The largest absolute Gasteiger partial charge is 0.395 e. The maximum atomic E-state index is 5.89. The minimum absolute atomic E-state index is 0.611. The smallest absolute Gasteiger partial charge is 0.116 e. The van der Waals surface area contributed by atoms with Gasteiger partial charge in [0, 0.05) is 10.6 Å². The molecule has 0 atom stereocenters. The average molecular weight is 220 g/mol. The number of halogens is 1. The highest BCUT2D eigenvalue weighted by Crippen LogP contribution is 2.25. The van der Waals surface area contributed by atoms with E-state index in [-0.39, 0.29) is 0 Å². The van der Waals surface area contributed by atoms with Gasteiger partial charge < -0.3 is 5.73 Å². The van der Waals surface area contributed by atoms with Crippen LogP contribution in [0.2, 0.25) is 5.02 Å². The maximum Gasteiger partial charge on any atom is 0.116 e. The molecular formula is C11H10ClN3. The first-order valence-electron chi connectivity index (χ1n) is 4.51. The maximum absolute atomic E-state index is 5.89. The van der Waals surface area contributed by atoms with Gasteiger partial charge in [-0.25, -0.2) is 9.97 Å². The first-order chi connectivity index (χ1) is 7.18. The van der Waals surface area contributed by atoms with Crippen LogP contribution in [-0.4, -0.2) is 9.97 Å². The molecule has 0 aliphatic heterocycles. The number of nitrogens with zero attached hydrogens (tertiary/aromatic N) is 2. The van der Waals surface area contributed by atoms with Crippen LogP contribution in [0.1, 0.15) is 5.69 Å². The SMILES string of the molecule is Cc1ncnc(-c2ccc(Cl)cc2)c1N. The molecule has 15 heavy (non-hydrogen) atoms. The number of nitrogens with two attached hydrogens (primary N) is 1. The first kappa shape index (κ1) is 9.93. The second-order valence-electron chi connectivity index (χ2n) is 3.23. The first-order valence-corrected chi connectivity index (χ1v) is 4.89. The lowest BCUT2D eigenvalue weighted by molar-refractivity contribution is 1.11. The molecule has 0 aliphatic rings. The van der Waals surface area contributed by atoms with Crippen molar-refractivity contribution in [2.24, 2.45) is 0 Å². The number of nitrogen functional groups attached to an aromatic ring is 1. The molecule has 0 radical (unpaired) electrons. The van der Waals surface area contributed by atoms with Crippen molar-refractivity contribution >= 4 is 17.3 Å². The molecule has 0 fully saturated rings. The van der Waals surface area contributed by atoms with Gasteiger partial charge >= 0.3 is 0 Å². The minimum atomic E-state index is 0.611. The lowest BCUT2D eigenvalue weighted by Gasteiger charge is -2.06. The van der Waals surface area contributed by atoms with E-state index >= 15 is 0 Å². The third kappa shape index (κ3) is 1.92. The predicted molar refractivity (Wildman–Crippen MR) is 61.6 cm³/mol. The zero-order chi connectivity index (χ0) is 10.8. The Kier molecular flexibility index (Phi) is 2.56. The van der Waals surface area contributed by atoms with Crippen molar-refractivity contribution < 1.29 is 0 Å². The molecule has 0 amide bonds. The standard InChI is InChI=1S/C11H10ClN3/c1-7-10(13)11(15-6-14-7)8-2-4-9(12)5-3-8/h2-6H,13H2,1H3. The van der Waals surface area contributed by atoms with Gasteiger partial charge in [-0.1, -0.05) is 23.7 Å². The van der Waals surface area contributed by atoms with Crippen molar-refractivity contribution in [3.05, 3.63) is 41.3 Å². The van der Waals surface area contributed by atoms with Crippen LogP contribution in [0, 0.1) is 6.92 Å². The van der Waals surface area contributed by atoms with E-state index < -0.39 is 0 Å². The third-order valence-electron chi connectivity index (χ3n) is 2.20.